The molecule has 1 N–H and O–H groups in total. The summed E-state index contributed by atoms with van der Waals surface area (Å²) in [5, 5.41) is 8.63. The number of hydrogen-bond acceptors (Lipinski definition) is 2. The molecule has 1 heterocycles. The van der Waals surface area contributed by atoms with E-state index in [-0.39, 0.29) is 18.3 Å². The van der Waals surface area contributed by atoms with Crippen LogP contribution in [-0.4, -0.2) is 16.7 Å². The summed E-state index contributed by atoms with van der Waals surface area (Å²) in [7, 11) is 0. The highest BCUT2D eigenvalue weighted by molar-refractivity contribution is 5.14. The van der Waals surface area contributed by atoms with Crippen molar-refractivity contribution in [2.45, 2.75) is 25.7 Å². The van der Waals surface area contributed by atoms with Gasteiger partial charge in [-0.15, -0.1) is 0 Å². The van der Waals surface area contributed by atoms with Crippen molar-refractivity contribution < 1.29 is 9.50 Å². The van der Waals surface area contributed by atoms with E-state index in [1.165, 1.54) is 12.3 Å². The monoisotopic (exact) mass is 183 g/mol. The van der Waals surface area contributed by atoms with E-state index in [9.17, 15) is 4.39 Å². The van der Waals surface area contributed by atoms with Gasteiger partial charge in [0.2, 0.25) is 0 Å². The highest BCUT2D eigenvalue weighted by Gasteiger charge is 2.05. The molecule has 1 aromatic rings. The Kier molecular flexibility index (Phi) is 3.83. The number of rotatable bonds is 4. The second-order valence-electron chi connectivity index (χ2n) is 3.20. The largest absolute Gasteiger partial charge is 0.396 e. The van der Waals surface area contributed by atoms with Gasteiger partial charge in [-0.25, -0.2) is 4.39 Å². The van der Waals surface area contributed by atoms with Gasteiger partial charge in [0, 0.05) is 12.8 Å². The Labute approximate surface area is 77.4 Å². The molecule has 72 valence electrons. The average molecular weight is 183 g/mol. The van der Waals surface area contributed by atoms with E-state index in [0.717, 1.165) is 18.4 Å². The fraction of sp³-hybridized carbons (Fsp3) is 0.500. The molecule has 0 radical (unpaired) electrons. The molecule has 0 aliphatic carbocycles. The first-order chi connectivity index (χ1) is 6.24. The molecule has 2 nitrogen and oxygen atoms in total. The maximum absolute atomic E-state index is 12.7. The van der Waals surface area contributed by atoms with Crippen molar-refractivity contribution in [1.82, 2.24) is 4.98 Å². The minimum atomic E-state index is -0.298. The average Bonchev–Trinajstić information content (AvgIpc) is 2.14. The second-order valence-corrected chi connectivity index (χ2v) is 3.20. The van der Waals surface area contributed by atoms with E-state index >= 15 is 0 Å². The summed E-state index contributed by atoms with van der Waals surface area (Å²) in [6, 6.07) is 1.50. The lowest BCUT2D eigenvalue weighted by molar-refractivity contribution is 0.280. The van der Waals surface area contributed by atoms with Crippen LogP contribution in [0.1, 0.15) is 31.2 Å². The molecule has 0 aromatic carbocycles. The minimum absolute atomic E-state index is 0.188. The van der Waals surface area contributed by atoms with Gasteiger partial charge in [-0.2, -0.15) is 0 Å². The lowest BCUT2D eigenvalue weighted by atomic mass is 9.98. The molecule has 0 saturated carbocycles. The van der Waals surface area contributed by atoms with Crippen LogP contribution in [0.3, 0.4) is 0 Å². The number of halogens is 1. The molecule has 0 spiro atoms. The number of pyridine rings is 1. The number of hydrogen-bond donors (Lipinski definition) is 1. The molecule has 1 aromatic heterocycles. The number of nitrogens with zero attached hydrogens (tertiary/aromatic N) is 1. The van der Waals surface area contributed by atoms with Gasteiger partial charge >= 0.3 is 0 Å². The number of aliphatic hydroxyl groups excluding tert-OH is 1. The van der Waals surface area contributed by atoms with Gasteiger partial charge in [0.25, 0.3) is 0 Å². The van der Waals surface area contributed by atoms with Crippen molar-refractivity contribution in [3.05, 3.63) is 29.8 Å². The predicted octanol–water partition coefficient (Wildman–Crippen LogP) is 2.10. The molecule has 0 aliphatic heterocycles. The van der Waals surface area contributed by atoms with E-state index in [4.69, 9.17) is 5.11 Å². The molecule has 13 heavy (non-hydrogen) atoms. The second kappa shape index (κ2) is 4.92. The first kappa shape index (κ1) is 10.1. The van der Waals surface area contributed by atoms with Gasteiger partial charge in [0.1, 0.15) is 5.82 Å². The summed E-state index contributed by atoms with van der Waals surface area (Å²) in [6.07, 6.45) is 4.48. The molecule has 3 heteroatoms. The predicted molar refractivity (Wildman–Crippen MR) is 48.9 cm³/mol. The van der Waals surface area contributed by atoms with Crippen LogP contribution in [0.15, 0.2) is 18.5 Å². The van der Waals surface area contributed by atoms with Crippen molar-refractivity contribution >= 4 is 0 Å². The van der Waals surface area contributed by atoms with Crippen molar-refractivity contribution in [1.29, 1.82) is 0 Å². The SMILES string of the molecule is CC(CCCO)c1cncc(F)c1. The van der Waals surface area contributed by atoms with Gasteiger partial charge in [-0.1, -0.05) is 6.92 Å². The van der Waals surface area contributed by atoms with E-state index in [0.29, 0.717) is 0 Å². The molecule has 0 bridgehead atoms. The Morgan fingerprint density at radius 3 is 2.92 bits per heavy atom. The Morgan fingerprint density at radius 1 is 1.54 bits per heavy atom. The molecular formula is C10H14FNO. The van der Waals surface area contributed by atoms with Crippen LogP contribution in [0.4, 0.5) is 4.39 Å². The van der Waals surface area contributed by atoms with Crippen molar-refractivity contribution in [2.24, 2.45) is 0 Å². The number of aliphatic hydroxyl groups is 1. The first-order valence-electron chi connectivity index (χ1n) is 4.45. The Bertz CT molecular complexity index is 265. The third-order valence-corrected chi connectivity index (χ3v) is 2.09. The van der Waals surface area contributed by atoms with Crippen molar-refractivity contribution in [2.75, 3.05) is 6.61 Å². The van der Waals surface area contributed by atoms with Crippen LogP contribution >= 0.6 is 0 Å². The fourth-order valence-corrected chi connectivity index (χ4v) is 1.26. The number of aromatic nitrogens is 1. The Balaban J connectivity index is 2.60. The summed E-state index contributed by atoms with van der Waals surface area (Å²) in [6.45, 7) is 2.19. The lowest BCUT2D eigenvalue weighted by Gasteiger charge is -2.09. The highest BCUT2D eigenvalue weighted by atomic mass is 19.1. The van der Waals surface area contributed by atoms with Crippen LogP contribution in [0.2, 0.25) is 0 Å². The van der Waals surface area contributed by atoms with Crippen LogP contribution < -0.4 is 0 Å². The van der Waals surface area contributed by atoms with E-state index in [1.54, 1.807) is 6.20 Å². The summed E-state index contributed by atoms with van der Waals surface area (Å²) < 4.78 is 12.7. The van der Waals surface area contributed by atoms with E-state index < -0.39 is 0 Å². The molecule has 0 fully saturated rings. The lowest BCUT2D eigenvalue weighted by Crippen LogP contribution is -1.97. The standard InChI is InChI=1S/C10H14FNO/c1-8(3-2-4-13)9-5-10(11)7-12-6-9/h5-8,13H,2-4H2,1H3. The third-order valence-electron chi connectivity index (χ3n) is 2.09. The topological polar surface area (TPSA) is 33.1 Å². The van der Waals surface area contributed by atoms with Crippen LogP contribution in [-0.2, 0) is 0 Å². The Morgan fingerprint density at radius 2 is 2.31 bits per heavy atom. The van der Waals surface area contributed by atoms with Gasteiger partial charge in [-0.3, -0.25) is 4.98 Å². The fourth-order valence-electron chi connectivity index (χ4n) is 1.26. The zero-order valence-corrected chi connectivity index (χ0v) is 7.70. The molecule has 0 amide bonds. The third kappa shape index (κ3) is 3.11. The van der Waals surface area contributed by atoms with Crippen molar-refractivity contribution in [3.63, 3.8) is 0 Å². The van der Waals surface area contributed by atoms with Gasteiger partial charge in [0.15, 0.2) is 0 Å². The zero-order chi connectivity index (χ0) is 9.68. The Hall–Kier alpha value is -0.960. The van der Waals surface area contributed by atoms with Crippen LogP contribution in [0.25, 0.3) is 0 Å². The van der Waals surface area contributed by atoms with Gasteiger partial charge in [0.05, 0.1) is 6.20 Å². The van der Waals surface area contributed by atoms with Gasteiger partial charge in [-0.05, 0) is 30.4 Å². The van der Waals surface area contributed by atoms with Crippen LogP contribution in [0.5, 0.6) is 0 Å². The molecule has 0 aliphatic rings. The molecule has 0 saturated heterocycles. The summed E-state index contributed by atoms with van der Waals surface area (Å²) in [4.78, 5) is 3.78. The van der Waals surface area contributed by atoms with Gasteiger partial charge < -0.3 is 5.11 Å². The minimum Gasteiger partial charge on any atom is -0.396 e. The summed E-state index contributed by atoms with van der Waals surface area (Å²) >= 11 is 0. The maximum atomic E-state index is 12.7. The maximum Gasteiger partial charge on any atom is 0.141 e. The quantitative estimate of drug-likeness (QED) is 0.775. The highest BCUT2D eigenvalue weighted by Crippen LogP contribution is 2.19. The first-order valence-corrected chi connectivity index (χ1v) is 4.45. The zero-order valence-electron chi connectivity index (χ0n) is 7.70. The van der Waals surface area contributed by atoms with Crippen LogP contribution in [0, 0.1) is 5.82 Å². The van der Waals surface area contributed by atoms with E-state index in [2.05, 4.69) is 4.98 Å². The van der Waals surface area contributed by atoms with E-state index in [1.807, 2.05) is 6.92 Å². The smallest absolute Gasteiger partial charge is 0.141 e. The summed E-state index contributed by atoms with van der Waals surface area (Å²) in [5.41, 5.74) is 0.897. The molecule has 1 rings (SSSR count). The van der Waals surface area contributed by atoms with Crippen molar-refractivity contribution in [3.8, 4) is 0 Å². The molecule has 1 atom stereocenters. The molecule has 1 unspecified atom stereocenters. The molecular weight excluding hydrogens is 169 g/mol. The summed E-state index contributed by atoms with van der Waals surface area (Å²) in [5.74, 6) is -0.0382. The normalized spacial score (nSPS) is 12.8.